The minimum atomic E-state index is -0.265. The Hall–Kier alpha value is -1.47. The maximum absolute atomic E-state index is 11.9. The number of benzene rings is 1. The smallest absolute Gasteiger partial charge is 0.286 e. The summed E-state index contributed by atoms with van der Waals surface area (Å²) in [6, 6.07) is 5.71. The van der Waals surface area contributed by atoms with Crippen LogP contribution in [-0.4, -0.2) is 23.2 Å². The first-order valence-corrected chi connectivity index (χ1v) is 6.80. The van der Waals surface area contributed by atoms with Crippen LogP contribution in [0.2, 0.25) is 0 Å². The third kappa shape index (κ3) is 2.85. The number of hydrogen-bond donors (Lipinski definition) is 2. The summed E-state index contributed by atoms with van der Waals surface area (Å²) in [5.41, 5.74) is 1.83. The third-order valence-electron chi connectivity index (χ3n) is 2.21. The Balaban J connectivity index is 2.16. The highest BCUT2D eigenvalue weighted by atomic mass is 79.9. The largest absolute Gasteiger partial charge is 0.363 e. The Morgan fingerprint density at radius 1 is 1.39 bits per heavy atom. The quantitative estimate of drug-likeness (QED) is 0.910. The van der Waals surface area contributed by atoms with Crippen molar-refractivity contribution in [2.45, 2.75) is 6.92 Å². The molecule has 0 unspecified atom stereocenters. The van der Waals surface area contributed by atoms with Crippen molar-refractivity contribution in [2.75, 3.05) is 17.7 Å². The van der Waals surface area contributed by atoms with Crippen LogP contribution in [0.25, 0.3) is 0 Å². The Kier molecular flexibility index (Phi) is 3.93. The summed E-state index contributed by atoms with van der Waals surface area (Å²) in [5, 5.41) is 14.2. The molecule has 1 aromatic carbocycles. The molecule has 0 aliphatic heterocycles. The van der Waals surface area contributed by atoms with Gasteiger partial charge in [-0.15, -0.1) is 10.2 Å². The third-order valence-corrected chi connectivity index (χ3v) is 3.80. The molecule has 0 atom stereocenters. The second-order valence-corrected chi connectivity index (χ2v) is 5.43. The van der Waals surface area contributed by atoms with Gasteiger partial charge >= 0.3 is 0 Å². The van der Waals surface area contributed by atoms with Crippen molar-refractivity contribution < 1.29 is 4.79 Å². The number of aryl methyl sites for hydroxylation is 1. The van der Waals surface area contributed by atoms with Gasteiger partial charge in [0.15, 0.2) is 0 Å². The zero-order valence-electron chi connectivity index (χ0n) is 9.82. The highest BCUT2D eigenvalue weighted by Gasteiger charge is 2.13. The van der Waals surface area contributed by atoms with Gasteiger partial charge in [0.2, 0.25) is 10.1 Å². The molecule has 0 radical (unpaired) electrons. The predicted octanol–water partition coefficient (Wildman–Crippen LogP) is 2.90. The van der Waals surface area contributed by atoms with Crippen molar-refractivity contribution >= 4 is 44.0 Å². The SMILES string of the molecule is CNc1nnc(C(=O)Nc2ccc(C)cc2Br)s1. The van der Waals surface area contributed by atoms with Crippen LogP contribution in [0.15, 0.2) is 22.7 Å². The maximum Gasteiger partial charge on any atom is 0.286 e. The minimum absolute atomic E-state index is 0.265. The van der Waals surface area contributed by atoms with Crippen molar-refractivity contribution in [1.29, 1.82) is 0 Å². The summed E-state index contributed by atoms with van der Waals surface area (Å²) in [7, 11) is 1.73. The lowest BCUT2D eigenvalue weighted by Gasteiger charge is -2.05. The molecule has 0 spiro atoms. The molecule has 94 valence electrons. The van der Waals surface area contributed by atoms with Gasteiger partial charge in [-0.1, -0.05) is 17.4 Å². The number of hydrogen-bond acceptors (Lipinski definition) is 5. The molecule has 0 aliphatic rings. The van der Waals surface area contributed by atoms with Gasteiger partial charge in [0.25, 0.3) is 5.91 Å². The molecule has 18 heavy (non-hydrogen) atoms. The Morgan fingerprint density at radius 3 is 2.78 bits per heavy atom. The highest BCUT2D eigenvalue weighted by Crippen LogP contribution is 2.24. The van der Waals surface area contributed by atoms with E-state index in [0.717, 1.165) is 10.0 Å². The fourth-order valence-electron chi connectivity index (χ4n) is 1.31. The summed E-state index contributed by atoms with van der Waals surface area (Å²) in [4.78, 5) is 11.9. The maximum atomic E-state index is 11.9. The molecule has 1 heterocycles. The molecule has 0 saturated carbocycles. The molecule has 1 amide bonds. The van der Waals surface area contributed by atoms with Gasteiger partial charge in [0.1, 0.15) is 0 Å². The number of nitrogens with zero attached hydrogens (tertiary/aromatic N) is 2. The van der Waals surface area contributed by atoms with Gasteiger partial charge in [-0.3, -0.25) is 4.79 Å². The molecule has 2 N–H and O–H groups in total. The van der Waals surface area contributed by atoms with Crippen LogP contribution < -0.4 is 10.6 Å². The summed E-state index contributed by atoms with van der Waals surface area (Å²) in [6.07, 6.45) is 0. The van der Waals surface area contributed by atoms with Gasteiger partial charge in [-0.05, 0) is 40.5 Å². The molecule has 0 bridgehead atoms. The second-order valence-electron chi connectivity index (χ2n) is 3.60. The predicted molar refractivity (Wildman–Crippen MR) is 76.3 cm³/mol. The summed E-state index contributed by atoms with van der Waals surface area (Å²) >= 11 is 4.62. The van der Waals surface area contributed by atoms with E-state index in [1.807, 2.05) is 25.1 Å². The lowest BCUT2D eigenvalue weighted by Crippen LogP contribution is -2.12. The lowest BCUT2D eigenvalue weighted by molar-refractivity contribution is 0.102. The Bertz CT molecular complexity index is 584. The average molecular weight is 327 g/mol. The highest BCUT2D eigenvalue weighted by molar-refractivity contribution is 9.10. The van der Waals surface area contributed by atoms with Crippen LogP contribution in [0.3, 0.4) is 0 Å². The van der Waals surface area contributed by atoms with Gasteiger partial charge in [-0.25, -0.2) is 0 Å². The van der Waals surface area contributed by atoms with Crippen molar-refractivity contribution in [2.24, 2.45) is 0 Å². The van der Waals surface area contributed by atoms with Crippen LogP contribution in [-0.2, 0) is 0 Å². The summed E-state index contributed by atoms with van der Waals surface area (Å²) in [6.45, 7) is 1.99. The topological polar surface area (TPSA) is 66.9 Å². The van der Waals surface area contributed by atoms with Crippen LogP contribution in [0.1, 0.15) is 15.4 Å². The zero-order chi connectivity index (χ0) is 13.1. The van der Waals surface area contributed by atoms with E-state index in [1.165, 1.54) is 11.3 Å². The average Bonchev–Trinajstić information content (AvgIpc) is 2.81. The number of anilines is 2. The fourth-order valence-corrected chi connectivity index (χ4v) is 2.50. The monoisotopic (exact) mass is 326 g/mol. The number of nitrogens with one attached hydrogen (secondary N) is 2. The molecule has 2 rings (SSSR count). The van der Waals surface area contributed by atoms with E-state index < -0.39 is 0 Å². The molecular formula is C11H11BrN4OS. The van der Waals surface area contributed by atoms with Crippen LogP contribution in [0, 0.1) is 6.92 Å². The van der Waals surface area contributed by atoms with Gasteiger partial charge in [-0.2, -0.15) is 0 Å². The number of halogens is 1. The van der Waals surface area contributed by atoms with E-state index >= 15 is 0 Å². The van der Waals surface area contributed by atoms with Gasteiger partial charge < -0.3 is 10.6 Å². The molecule has 2 aromatic rings. The summed E-state index contributed by atoms with van der Waals surface area (Å²) in [5.74, 6) is -0.265. The first kappa shape index (κ1) is 13.0. The van der Waals surface area contributed by atoms with Gasteiger partial charge in [0, 0.05) is 11.5 Å². The number of carbonyl (C=O) groups is 1. The fraction of sp³-hybridized carbons (Fsp3) is 0.182. The first-order chi connectivity index (χ1) is 8.60. The minimum Gasteiger partial charge on any atom is -0.363 e. The van der Waals surface area contributed by atoms with Crippen molar-refractivity contribution in [3.05, 3.63) is 33.2 Å². The van der Waals surface area contributed by atoms with Crippen LogP contribution >= 0.6 is 27.3 Å². The normalized spacial score (nSPS) is 10.2. The summed E-state index contributed by atoms with van der Waals surface area (Å²) < 4.78 is 0.842. The number of carbonyl (C=O) groups excluding carboxylic acids is 1. The number of rotatable bonds is 3. The van der Waals surface area contributed by atoms with E-state index in [9.17, 15) is 4.79 Å². The van der Waals surface area contributed by atoms with Crippen molar-refractivity contribution in [3.8, 4) is 0 Å². The van der Waals surface area contributed by atoms with E-state index in [1.54, 1.807) is 7.05 Å². The molecule has 0 saturated heterocycles. The molecule has 0 aliphatic carbocycles. The first-order valence-electron chi connectivity index (χ1n) is 5.19. The lowest BCUT2D eigenvalue weighted by atomic mass is 10.2. The molecule has 5 nitrogen and oxygen atoms in total. The number of aromatic nitrogens is 2. The van der Waals surface area contributed by atoms with Gasteiger partial charge in [0.05, 0.1) is 5.69 Å². The molecule has 0 fully saturated rings. The van der Waals surface area contributed by atoms with E-state index in [4.69, 9.17) is 0 Å². The Labute approximate surface area is 117 Å². The molecule has 7 heteroatoms. The zero-order valence-corrected chi connectivity index (χ0v) is 12.2. The van der Waals surface area contributed by atoms with E-state index in [-0.39, 0.29) is 5.91 Å². The van der Waals surface area contributed by atoms with Crippen LogP contribution in [0.5, 0.6) is 0 Å². The number of amides is 1. The Morgan fingerprint density at radius 2 is 2.17 bits per heavy atom. The van der Waals surface area contributed by atoms with E-state index in [0.29, 0.717) is 15.8 Å². The standard InChI is InChI=1S/C11H11BrN4OS/c1-6-3-4-8(7(12)5-6)14-9(17)10-15-16-11(13-2)18-10/h3-5H,1-2H3,(H,13,16)(H,14,17). The molecular weight excluding hydrogens is 316 g/mol. The van der Waals surface area contributed by atoms with Crippen molar-refractivity contribution in [1.82, 2.24) is 10.2 Å². The van der Waals surface area contributed by atoms with Crippen LogP contribution in [0.4, 0.5) is 10.8 Å². The second kappa shape index (κ2) is 5.45. The van der Waals surface area contributed by atoms with Crippen molar-refractivity contribution in [3.63, 3.8) is 0 Å². The van der Waals surface area contributed by atoms with E-state index in [2.05, 4.69) is 36.8 Å². The molecule has 1 aromatic heterocycles.